The van der Waals surface area contributed by atoms with E-state index < -0.39 is 0 Å². The molecule has 0 saturated heterocycles. The molecule has 0 fully saturated rings. The molecule has 1 aliphatic heterocycles. The number of esters is 1. The lowest BCUT2D eigenvalue weighted by molar-refractivity contribution is 0.0600. The summed E-state index contributed by atoms with van der Waals surface area (Å²) in [7, 11) is 2.94. The van der Waals surface area contributed by atoms with Gasteiger partial charge in [-0.2, -0.15) is 0 Å². The summed E-state index contributed by atoms with van der Waals surface area (Å²) < 4.78 is 15.2. The van der Waals surface area contributed by atoms with Gasteiger partial charge in [0.25, 0.3) is 0 Å². The maximum atomic E-state index is 11.4. The molecule has 1 aliphatic rings. The number of ether oxygens (including phenoxy) is 3. The van der Waals surface area contributed by atoms with Crippen molar-refractivity contribution in [1.29, 1.82) is 0 Å². The number of hydrogen-bond donors (Lipinski definition) is 0. The van der Waals surface area contributed by atoms with Gasteiger partial charge in [-0.3, -0.25) is 0 Å². The Bertz CT molecular complexity index is 398. The van der Waals surface area contributed by atoms with E-state index >= 15 is 0 Å². The number of hydrogen-bond acceptors (Lipinski definition) is 4. The highest BCUT2D eigenvalue weighted by atomic mass is 16.5. The normalized spacial score (nSPS) is 13.5. The molecule has 0 aliphatic carbocycles. The van der Waals surface area contributed by atoms with Crippen LogP contribution in [0.25, 0.3) is 0 Å². The van der Waals surface area contributed by atoms with Crippen LogP contribution >= 0.6 is 0 Å². The smallest absolute Gasteiger partial charge is 0.337 e. The summed E-state index contributed by atoms with van der Waals surface area (Å²) in [6, 6.07) is 3.47. The van der Waals surface area contributed by atoms with Crippen LogP contribution in [0.3, 0.4) is 0 Å². The molecule has 1 aromatic rings. The average Bonchev–Trinajstić information content (AvgIpc) is 2.74. The van der Waals surface area contributed by atoms with Crippen molar-refractivity contribution in [2.75, 3.05) is 14.2 Å². The van der Waals surface area contributed by atoms with Gasteiger partial charge in [-0.05, 0) is 17.7 Å². The van der Waals surface area contributed by atoms with Crippen molar-refractivity contribution < 1.29 is 19.0 Å². The van der Waals surface area contributed by atoms with E-state index in [2.05, 4.69) is 4.74 Å². The maximum absolute atomic E-state index is 11.4. The van der Waals surface area contributed by atoms with Crippen LogP contribution in [0.5, 0.6) is 5.75 Å². The first-order valence-corrected chi connectivity index (χ1v) is 4.62. The lowest BCUT2D eigenvalue weighted by Crippen LogP contribution is -2.03. The second kappa shape index (κ2) is 3.90. The minimum atomic E-state index is -0.358. The molecule has 0 radical (unpaired) electrons. The fourth-order valence-corrected chi connectivity index (χ4v) is 1.68. The molecule has 0 aromatic heterocycles. The standard InChI is InChI=1S/C11H12O4/c1-13-10-4-7(11(12)14-2)3-8-5-15-6-9(8)10/h3-4H,5-6H2,1-2H3. The summed E-state index contributed by atoms with van der Waals surface area (Å²) in [5, 5.41) is 0. The topological polar surface area (TPSA) is 44.8 Å². The van der Waals surface area contributed by atoms with Gasteiger partial charge in [0.1, 0.15) is 5.75 Å². The molecule has 1 heterocycles. The summed E-state index contributed by atoms with van der Waals surface area (Å²) in [5.41, 5.74) is 2.51. The third kappa shape index (κ3) is 1.68. The van der Waals surface area contributed by atoms with Gasteiger partial charge in [-0.1, -0.05) is 0 Å². The third-order valence-corrected chi connectivity index (χ3v) is 2.45. The van der Waals surface area contributed by atoms with Gasteiger partial charge in [-0.25, -0.2) is 4.79 Å². The zero-order valence-electron chi connectivity index (χ0n) is 8.70. The Morgan fingerprint density at radius 3 is 2.80 bits per heavy atom. The van der Waals surface area contributed by atoms with Crippen LogP contribution in [0.4, 0.5) is 0 Å². The van der Waals surface area contributed by atoms with E-state index in [1.807, 2.05) is 0 Å². The summed E-state index contributed by atoms with van der Waals surface area (Å²) in [5.74, 6) is 0.327. The minimum absolute atomic E-state index is 0.358. The molecular formula is C11H12O4. The van der Waals surface area contributed by atoms with Gasteiger partial charge in [0.2, 0.25) is 0 Å². The Balaban J connectivity index is 2.48. The van der Waals surface area contributed by atoms with Crippen molar-refractivity contribution in [3.8, 4) is 5.75 Å². The Morgan fingerprint density at radius 1 is 1.33 bits per heavy atom. The first-order valence-electron chi connectivity index (χ1n) is 4.62. The largest absolute Gasteiger partial charge is 0.496 e. The van der Waals surface area contributed by atoms with E-state index in [0.717, 1.165) is 11.1 Å². The number of fused-ring (bicyclic) bond motifs is 1. The highest BCUT2D eigenvalue weighted by Crippen LogP contribution is 2.30. The molecule has 0 unspecified atom stereocenters. The fraction of sp³-hybridized carbons (Fsp3) is 0.364. The summed E-state index contributed by atoms with van der Waals surface area (Å²) >= 11 is 0. The number of methoxy groups -OCH3 is 2. The Hall–Kier alpha value is -1.55. The number of rotatable bonds is 2. The molecule has 2 rings (SSSR count). The first kappa shape index (κ1) is 9.98. The third-order valence-electron chi connectivity index (χ3n) is 2.45. The van der Waals surface area contributed by atoms with Gasteiger partial charge >= 0.3 is 5.97 Å². The minimum Gasteiger partial charge on any atom is -0.496 e. The molecule has 0 spiro atoms. The molecule has 0 saturated carbocycles. The van der Waals surface area contributed by atoms with Crippen LogP contribution in [0.1, 0.15) is 21.5 Å². The summed E-state index contributed by atoms with van der Waals surface area (Å²) in [4.78, 5) is 11.4. The number of carbonyl (C=O) groups is 1. The number of carbonyl (C=O) groups excluding carboxylic acids is 1. The molecule has 0 N–H and O–H groups in total. The second-order valence-electron chi connectivity index (χ2n) is 3.30. The maximum Gasteiger partial charge on any atom is 0.337 e. The predicted octanol–water partition coefficient (Wildman–Crippen LogP) is 1.51. The van der Waals surface area contributed by atoms with Crippen LogP contribution in [0.15, 0.2) is 12.1 Å². The summed E-state index contributed by atoms with van der Waals surface area (Å²) in [6.45, 7) is 1.07. The van der Waals surface area contributed by atoms with Crippen molar-refractivity contribution in [3.63, 3.8) is 0 Å². The SMILES string of the molecule is COC(=O)c1cc2c(c(OC)c1)COC2. The molecule has 4 heteroatoms. The molecule has 1 aromatic carbocycles. The lowest BCUT2D eigenvalue weighted by Gasteiger charge is -2.08. The monoisotopic (exact) mass is 208 g/mol. The van der Waals surface area contributed by atoms with Crippen molar-refractivity contribution in [1.82, 2.24) is 0 Å². The first-order chi connectivity index (χ1) is 7.26. The van der Waals surface area contributed by atoms with E-state index in [1.165, 1.54) is 7.11 Å². The highest BCUT2D eigenvalue weighted by molar-refractivity contribution is 5.90. The molecule has 0 amide bonds. The van der Waals surface area contributed by atoms with Crippen molar-refractivity contribution >= 4 is 5.97 Å². The molecule has 4 nitrogen and oxygen atoms in total. The van der Waals surface area contributed by atoms with Crippen molar-refractivity contribution in [2.24, 2.45) is 0 Å². The van der Waals surface area contributed by atoms with Gasteiger partial charge in [0, 0.05) is 5.56 Å². The highest BCUT2D eigenvalue weighted by Gasteiger charge is 2.19. The van der Waals surface area contributed by atoms with E-state index in [4.69, 9.17) is 9.47 Å². The van der Waals surface area contributed by atoms with Gasteiger partial charge < -0.3 is 14.2 Å². The van der Waals surface area contributed by atoms with Crippen LogP contribution in [0, 0.1) is 0 Å². The zero-order chi connectivity index (χ0) is 10.8. The second-order valence-corrected chi connectivity index (χ2v) is 3.30. The predicted molar refractivity (Wildman–Crippen MR) is 52.8 cm³/mol. The Kier molecular flexibility index (Phi) is 2.60. The molecule has 0 atom stereocenters. The van der Waals surface area contributed by atoms with Crippen molar-refractivity contribution in [2.45, 2.75) is 13.2 Å². The van der Waals surface area contributed by atoms with Gasteiger partial charge in [0.15, 0.2) is 0 Å². The van der Waals surface area contributed by atoms with Gasteiger partial charge in [0.05, 0.1) is 33.0 Å². The molecule has 80 valence electrons. The zero-order valence-corrected chi connectivity index (χ0v) is 8.70. The van der Waals surface area contributed by atoms with Crippen LogP contribution in [-0.2, 0) is 22.7 Å². The van der Waals surface area contributed by atoms with E-state index in [0.29, 0.717) is 24.5 Å². The van der Waals surface area contributed by atoms with Crippen LogP contribution < -0.4 is 4.74 Å². The van der Waals surface area contributed by atoms with E-state index in [1.54, 1.807) is 19.2 Å². The quantitative estimate of drug-likeness (QED) is 0.691. The van der Waals surface area contributed by atoms with Crippen LogP contribution in [-0.4, -0.2) is 20.2 Å². The van der Waals surface area contributed by atoms with E-state index in [9.17, 15) is 4.79 Å². The number of benzene rings is 1. The summed E-state index contributed by atoms with van der Waals surface area (Å²) in [6.07, 6.45) is 0. The van der Waals surface area contributed by atoms with Crippen LogP contribution in [0.2, 0.25) is 0 Å². The fourth-order valence-electron chi connectivity index (χ4n) is 1.68. The average molecular weight is 208 g/mol. The van der Waals surface area contributed by atoms with E-state index in [-0.39, 0.29) is 5.97 Å². The molecular weight excluding hydrogens is 196 g/mol. The van der Waals surface area contributed by atoms with Gasteiger partial charge in [-0.15, -0.1) is 0 Å². The Labute approximate surface area is 87.8 Å². The lowest BCUT2D eigenvalue weighted by atomic mass is 10.1. The van der Waals surface area contributed by atoms with Crippen molar-refractivity contribution in [3.05, 3.63) is 28.8 Å². The molecule has 15 heavy (non-hydrogen) atoms. The Morgan fingerprint density at radius 2 is 2.13 bits per heavy atom. The molecule has 0 bridgehead atoms.